The first-order valence-corrected chi connectivity index (χ1v) is 4.78. The van der Waals surface area contributed by atoms with E-state index >= 15 is 0 Å². The van der Waals surface area contributed by atoms with Crippen LogP contribution >= 0.6 is 0 Å². The Morgan fingerprint density at radius 2 is 2.08 bits per heavy atom. The van der Waals surface area contributed by atoms with Crippen LogP contribution < -0.4 is 5.73 Å². The standard InChI is InChI=1S/C10H15N3/c1-8-9(6-12-7-13-8)10(11)4-2-3-5-10/h6-7H,2-5,11H2,1H3. The van der Waals surface area contributed by atoms with E-state index in [0.717, 1.165) is 24.1 Å². The maximum Gasteiger partial charge on any atom is 0.115 e. The van der Waals surface area contributed by atoms with Crippen molar-refractivity contribution in [3.63, 3.8) is 0 Å². The lowest BCUT2D eigenvalue weighted by atomic mass is 9.89. The largest absolute Gasteiger partial charge is 0.321 e. The highest BCUT2D eigenvalue weighted by molar-refractivity contribution is 5.25. The molecule has 70 valence electrons. The fraction of sp³-hybridized carbons (Fsp3) is 0.600. The van der Waals surface area contributed by atoms with Gasteiger partial charge in [0.05, 0.1) is 0 Å². The Hall–Kier alpha value is -0.960. The first-order valence-electron chi connectivity index (χ1n) is 4.78. The molecule has 0 aliphatic heterocycles. The molecular formula is C10H15N3. The summed E-state index contributed by atoms with van der Waals surface area (Å²) in [5.74, 6) is 0. The molecule has 0 aromatic carbocycles. The van der Waals surface area contributed by atoms with Gasteiger partial charge in [0.25, 0.3) is 0 Å². The molecule has 1 heterocycles. The van der Waals surface area contributed by atoms with Crippen molar-refractivity contribution in [3.05, 3.63) is 23.8 Å². The maximum atomic E-state index is 6.30. The number of aromatic nitrogens is 2. The molecule has 1 fully saturated rings. The summed E-state index contributed by atoms with van der Waals surface area (Å²) in [7, 11) is 0. The Morgan fingerprint density at radius 1 is 1.38 bits per heavy atom. The number of nitrogens with zero attached hydrogens (tertiary/aromatic N) is 2. The summed E-state index contributed by atoms with van der Waals surface area (Å²) in [4.78, 5) is 8.22. The first-order chi connectivity index (χ1) is 6.22. The van der Waals surface area contributed by atoms with Gasteiger partial charge >= 0.3 is 0 Å². The second-order valence-electron chi connectivity index (χ2n) is 3.89. The molecule has 1 aliphatic carbocycles. The Bertz CT molecular complexity index is 303. The molecule has 0 amide bonds. The van der Waals surface area contributed by atoms with Crippen LogP contribution in [0.15, 0.2) is 12.5 Å². The van der Waals surface area contributed by atoms with Crippen molar-refractivity contribution >= 4 is 0 Å². The SMILES string of the molecule is Cc1ncncc1C1(N)CCCC1. The maximum absolute atomic E-state index is 6.30. The number of aryl methyl sites for hydroxylation is 1. The van der Waals surface area contributed by atoms with Crippen molar-refractivity contribution in [3.8, 4) is 0 Å². The van der Waals surface area contributed by atoms with Gasteiger partial charge in [-0.15, -0.1) is 0 Å². The number of nitrogens with two attached hydrogens (primary N) is 1. The average Bonchev–Trinajstić information content (AvgIpc) is 2.54. The third kappa shape index (κ3) is 1.44. The molecule has 0 spiro atoms. The van der Waals surface area contributed by atoms with Gasteiger partial charge in [0.1, 0.15) is 6.33 Å². The van der Waals surface area contributed by atoms with Crippen LogP contribution in [-0.4, -0.2) is 9.97 Å². The number of hydrogen-bond donors (Lipinski definition) is 1. The Morgan fingerprint density at radius 3 is 2.69 bits per heavy atom. The zero-order valence-electron chi connectivity index (χ0n) is 7.95. The van der Waals surface area contributed by atoms with Gasteiger partial charge in [-0.1, -0.05) is 12.8 Å². The molecule has 3 nitrogen and oxygen atoms in total. The van der Waals surface area contributed by atoms with E-state index in [1.54, 1.807) is 6.33 Å². The van der Waals surface area contributed by atoms with Gasteiger partial charge in [-0.3, -0.25) is 0 Å². The molecule has 2 N–H and O–H groups in total. The minimum Gasteiger partial charge on any atom is -0.321 e. The van der Waals surface area contributed by atoms with Gasteiger partial charge in [-0.05, 0) is 19.8 Å². The van der Waals surface area contributed by atoms with E-state index in [1.165, 1.54) is 12.8 Å². The van der Waals surface area contributed by atoms with Crippen molar-refractivity contribution in [2.45, 2.75) is 38.1 Å². The molecule has 2 rings (SSSR count). The Balaban J connectivity index is 2.39. The van der Waals surface area contributed by atoms with E-state index < -0.39 is 0 Å². The zero-order valence-corrected chi connectivity index (χ0v) is 7.95. The minimum atomic E-state index is -0.147. The lowest BCUT2D eigenvalue weighted by Gasteiger charge is -2.24. The van der Waals surface area contributed by atoms with Gasteiger partial charge in [-0.2, -0.15) is 0 Å². The molecule has 0 radical (unpaired) electrons. The van der Waals surface area contributed by atoms with Crippen LogP contribution in [0.4, 0.5) is 0 Å². The van der Waals surface area contributed by atoms with Crippen LogP contribution in [0.1, 0.15) is 36.9 Å². The van der Waals surface area contributed by atoms with Gasteiger partial charge < -0.3 is 5.73 Å². The second kappa shape index (κ2) is 3.07. The third-order valence-corrected chi connectivity index (χ3v) is 2.94. The lowest BCUT2D eigenvalue weighted by molar-refractivity contribution is 0.455. The molecule has 1 aromatic heterocycles. The summed E-state index contributed by atoms with van der Waals surface area (Å²) in [6.07, 6.45) is 8.04. The van der Waals surface area contributed by atoms with Crippen molar-refractivity contribution in [1.29, 1.82) is 0 Å². The van der Waals surface area contributed by atoms with Gasteiger partial charge in [0.2, 0.25) is 0 Å². The topological polar surface area (TPSA) is 51.8 Å². The van der Waals surface area contributed by atoms with Crippen molar-refractivity contribution in [1.82, 2.24) is 9.97 Å². The number of hydrogen-bond acceptors (Lipinski definition) is 3. The van der Waals surface area contributed by atoms with E-state index in [4.69, 9.17) is 5.73 Å². The molecule has 0 unspecified atom stereocenters. The molecule has 0 saturated heterocycles. The van der Waals surface area contributed by atoms with E-state index in [1.807, 2.05) is 13.1 Å². The molecule has 3 heteroatoms. The highest BCUT2D eigenvalue weighted by Crippen LogP contribution is 2.36. The van der Waals surface area contributed by atoms with E-state index in [2.05, 4.69) is 9.97 Å². The summed E-state index contributed by atoms with van der Waals surface area (Å²) >= 11 is 0. The summed E-state index contributed by atoms with van der Waals surface area (Å²) in [5, 5.41) is 0. The Kier molecular flexibility index (Phi) is 2.04. The molecule has 13 heavy (non-hydrogen) atoms. The lowest BCUT2D eigenvalue weighted by Crippen LogP contribution is -2.34. The Labute approximate surface area is 78.4 Å². The van der Waals surface area contributed by atoms with Gasteiger partial charge in [0.15, 0.2) is 0 Å². The van der Waals surface area contributed by atoms with Crippen LogP contribution in [0.5, 0.6) is 0 Å². The van der Waals surface area contributed by atoms with Crippen LogP contribution in [-0.2, 0) is 5.54 Å². The van der Waals surface area contributed by atoms with E-state index in [-0.39, 0.29) is 5.54 Å². The highest BCUT2D eigenvalue weighted by atomic mass is 14.9. The van der Waals surface area contributed by atoms with Gasteiger partial charge in [-0.25, -0.2) is 9.97 Å². The predicted octanol–water partition coefficient (Wildman–Crippen LogP) is 1.51. The summed E-state index contributed by atoms with van der Waals surface area (Å²) in [6, 6.07) is 0. The third-order valence-electron chi connectivity index (χ3n) is 2.94. The molecule has 1 aliphatic rings. The van der Waals surface area contributed by atoms with Gasteiger partial charge in [0, 0.05) is 23.0 Å². The normalized spacial score (nSPS) is 20.5. The van der Waals surface area contributed by atoms with Crippen LogP contribution in [0, 0.1) is 6.92 Å². The van der Waals surface area contributed by atoms with Crippen molar-refractivity contribution in [2.24, 2.45) is 5.73 Å². The molecular weight excluding hydrogens is 162 g/mol. The fourth-order valence-electron chi connectivity index (χ4n) is 2.15. The fourth-order valence-corrected chi connectivity index (χ4v) is 2.15. The van der Waals surface area contributed by atoms with Crippen molar-refractivity contribution in [2.75, 3.05) is 0 Å². The van der Waals surface area contributed by atoms with E-state index in [0.29, 0.717) is 0 Å². The van der Waals surface area contributed by atoms with Crippen LogP contribution in [0.25, 0.3) is 0 Å². The summed E-state index contributed by atoms with van der Waals surface area (Å²) < 4.78 is 0. The smallest absolute Gasteiger partial charge is 0.115 e. The van der Waals surface area contributed by atoms with E-state index in [9.17, 15) is 0 Å². The molecule has 1 aromatic rings. The monoisotopic (exact) mass is 177 g/mol. The summed E-state index contributed by atoms with van der Waals surface area (Å²) in [5.41, 5.74) is 8.31. The average molecular weight is 177 g/mol. The molecule has 0 atom stereocenters. The quantitative estimate of drug-likeness (QED) is 0.707. The molecule has 1 saturated carbocycles. The minimum absolute atomic E-state index is 0.147. The summed E-state index contributed by atoms with van der Waals surface area (Å²) in [6.45, 7) is 2.00. The second-order valence-corrected chi connectivity index (χ2v) is 3.89. The van der Waals surface area contributed by atoms with Crippen LogP contribution in [0.3, 0.4) is 0 Å². The van der Waals surface area contributed by atoms with Crippen molar-refractivity contribution < 1.29 is 0 Å². The van der Waals surface area contributed by atoms with Crippen LogP contribution in [0.2, 0.25) is 0 Å². The molecule has 0 bridgehead atoms. The predicted molar refractivity (Wildman–Crippen MR) is 51.1 cm³/mol. The first kappa shape index (κ1) is 8.63. The number of rotatable bonds is 1. The zero-order chi connectivity index (χ0) is 9.31. The highest BCUT2D eigenvalue weighted by Gasteiger charge is 2.32.